The number of halogens is 3. The van der Waals surface area contributed by atoms with Gasteiger partial charge >= 0.3 is 6.18 Å². The lowest BCUT2D eigenvalue weighted by molar-refractivity contribution is -0.137. The van der Waals surface area contributed by atoms with Gasteiger partial charge in [-0.25, -0.2) is 0 Å². The summed E-state index contributed by atoms with van der Waals surface area (Å²) in [5.74, 6) is 5.18. The molecule has 0 aliphatic rings. The Labute approximate surface area is 103 Å². The molecule has 0 radical (unpaired) electrons. The molecule has 1 aromatic carbocycles. The van der Waals surface area contributed by atoms with Gasteiger partial charge in [0, 0.05) is 12.5 Å². The second-order valence-electron chi connectivity index (χ2n) is 3.74. The van der Waals surface area contributed by atoms with E-state index in [0.29, 0.717) is 11.1 Å². The molecule has 18 heavy (non-hydrogen) atoms. The number of carbonyl (C=O) groups excluding carboxylic acids is 1. The molecular formula is C13H12F3NO. The van der Waals surface area contributed by atoms with Crippen LogP contribution >= 0.6 is 0 Å². The van der Waals surface area contributed by atoms with E-state index in [2.05, 4.69) is 17.2 Å². The average Bonchev–Trinajstić information content (AvgIpc) is 2.24. The van der Waals surface area contributed by atoms with Crippen LogP contribution < -0.4 is 5.32 Å². The SMILES string of the molecule is CC(=O)NCC#Cc1ccc(C(F)(F)F)cc1C. The fraction of sp³-hybridized carbons (Fsp3) is 0.308. The van der Waals surface area contributed by atoms with E-state index < -0.39 is 11.7 Å². The fourth-order valence-electron chi connectivity index (χ4n) is 1.29. The number of hydrogen-bond donors (Lipinski definition) is 1. The Hall–Kier alpha value is -1.96. The van der Waals surface area contributed by atoms with Gasteiger partial charge in [-0.2, -0.15) is 13.2 Å². The third kappa shape index (κ3) is 4.13. The van der Waals surface area contributed by atoms with Crippen LogP contribution in [0.3, 0.4) is 0 Å². The highest BCUT2D eigenvalue weighted by Gasteiger charge is 2.30. The zero-order valence-corrected chi connectivity index (χ0v) is 9.98. The molecule has 0 aromatic heterocycles. The molecule has 0 aliphatic carbocycles. The summed E-state index contributed by atoms with van der Waals surface area (Å²) in [6, 6.07) is 3.39. The number of aryl methyl sites for hydroxylation is 1. The molecule has 0 aliphatic heterocycles. The number of amides is 1. The van der Waals surface area contributed by atoms with Crippen molar-refractivity contribution in [2.45, 2.75) is 20.0 Å². The molecule has 0 fully saturated rings. The normalized spacial score (nSPS) is 10.5. The Balaban J connectivity index is 2.83. The fourth-order valence-corrected chi connectivity index (χ4v) is 1.29. The zero-order valence-electron chi connectivity index (χ0n) is 9.98. The first-order valence-electron chi connectivity index (χ1n) is 5.22. The van der Waals surface area contributed by atoms with Crippen molar-refractivity contribution in [1.82, 2.24) is 5.32 Å². The number of carbonyl (C=O) groups is 1. The lowest BCUT2D eigenvalue weighted by Gasteiger charge is -2.08. The zero-order chi connectivity index (χ0) is 13.8. The van der Waals surface area contributed by atoms with Crippen molar-refractivity contribution in [1.29, 1.82) is 0 Å². The van der Waals surface area contributed by atoms with Crippen LogP contribution in [0.5, 0.6) is 0 Å². The van der Waals surface area contributed by atoms with Crippen molar-refractivity contribution in [3.63, 3.8) is 0 Å². The summed E-state index contributed by atoms with van der Waals surface area (Å²) in [4.78, 5) is 10.6. The Bertz CT molecular complexity index is 509. The van der Waals surface area contributed by atoms with Crippen LogP contribution in [-0.4, -0.2) is 12.5 Å². The molecule has 0 bridgehead atoms. The van der Waals surface area contributed by atoms with Gasteiger partial charge in [-0.15, -0.1) is 0 Å². The van der Waals surface area contributed by atoms with E-state index in [9.17, 15) is 18.0 Å². The van der Waals surface area contributed by atoms with Gasteiger partial charge < -0.3 is 5.32 Å². The van der Waals surface area contributed by atoms with Crippen LogP contribution in [0.2, 0.25) is 0 Å². The minimum Gasteiger partial charge on any atom is -0.345 e. The van der Waals surface area contributed by atoms with Crippen molar-refractivity contribution >= 4 is 5.91 Å². The molecule has 1 N–H and O–H groups in total. The lowest BCUT2D eigenvalue weighted by Crippen LogP contribution is -2.19. The molecule has 1 aromatic rings. The summed E-state index contributed by atoms with van der Waals surface area (Å²) in [5.41, 5.74) is 0.293. The minimum atomic E-state index is -4.34. The van der Waals surface area contributed by atoms with E-state index in [1.807, 2.05) is 0 Å². The van der Waals surface area contributed by atoms with Crippen molar-refractivity contribution in [3.8, 4) is 11.8 Å². The van der Waals surface area contributed by atoms with Crippen LogP contribution in [0.15, 0.2) is 18.2 Å². The quantitative estimate of drug-likeness (QED) is 0.767. The third-order valence-electron chi connectivity index (χ3n) is 2.20. The van der Waals surface area contributed by atoms with Gasteiger partial charge in [0.2, 0.25) is 5.91 Å². The van der Waals surface area contributed by atoms with E-state index in [-0.39, 0.29) is 12.5 Å². The molecule has 0 heterocycles. The highest BCUT2D eigenvalue weighted by atomic mass is 19.4. The summed E-state index contributed by atoms with van der Waals surface area (Å²) >= 11 is 0. The van der Waals surface area contributed by atoms with Crippen LogP contribution in [0, 0.1) is 18.8 Å². The summed E-state index contributed by atoms with van der Waals surface area (Å²) in [6.45, 7) is 3.11. The molecule has 1 rings (SSSR count). The van der Waals surface area contributed by atoms with E-state index in [0.717, 1.165) is 12.1 Å². The third-order valence-corrected chi connectivity index (χ3v) is 2.20. The van der Waals surface area contributed by atoms with Gasteiger partial charge in [0.15, 0.2) is 0 Å². The molecule has 0 unspecified atom stereocenters. The number of nitrogens with one attached hydrogen (secondary N) is 1. The topological polar surface area (TPSA) is 29.1 Å². The Morgan fingerprint density at radius 3 is 2.56 bits per heavy atom. The second-order valence-corrected chi connectivity index (χ2v) is 3.74. The van der Waals surface area contributed by atoms with E-state index in [1.54, 1.807) is 6.92 Å². The monoisotopic (exact) mass is 255 g/mol. The lowest BCUT2D eigenvalue weighted by atomic mass is 10.1. The molecule has 0 saturated heterocycles. The highest BCUT2D eigenvalue weighted by Crippen LogP contribution is 2.30. The Morgan fingerprint density at radius 1 is 1.39 bits per heavy atom. The van der Waals surface area contributed by atoms with Crippen LogP contribution in [0.25, 0.3) is 0 Å². The predicted molar refractivity (Wildman–Crippen MR) is 61.7 cm³/mol. The van der Waals surface area contributed by atoms with Gasteiger partial charge in [0.05, 0.1) is 12.1 Å². The van der Waals surface area contributed by atoms with Crippen LogP contribution in [0.4, 0.5) is 13.2 Å². The van der Waals surface area contributed by atoms with Crippen molar-refractivity contribution in [2.24, 2.45) is 0 Å². The maximum absolute atomic E-state index is 12.4. The van der Waals surface area contributed by atoms with Gasteiger partial charge in [-0.1, -0.05) is 11.8 Å². The van der Waals surface area contributed by atoms with Crippen LogP contribution in [0.1, 0.15) is 23.6 Å². The standard InChI is InChI=1S/C13H12F3NO/c1-9-8-12(13(14,15)16)6-5-11(9)4-3-7-17-10(2)18/h5-6,8H,7H2,1-2H3,(H,17,18). The second kappa shape index (κ2) is 5.58. The van der Waals surface area contributed by atoms with Crippen LogP contribution in [-0.2, 0) is 11.0 Å². The molecule has 1 amide bonds. The summed E-state index contributed by atoms with van der Waals surface area (Å²) < 4.78 is 37.2. The molecule has 0 saturated carbocycles. The van der Waals surface area contributed by atoms with Crippen molar-refractivity contribution in [2.75, 3.05) is 6.54 Å². The largest absolute Gasteiger partial charge is 0.416 e. The predicted octanol–water partition coefficient (Wildman–Crippen LogP) is 2.50. The van der Waals surface area contributed by atoms with Gasteiger partial charge in [-0.3, -0.25) is 4.79 Å². The van der Waals surface area contributed by atoms with E-state index >= 15 is 0 Å². The number of alkyl halides is 3. The first kappa shape index (κ1) is 14.1. The maximum Gasteiger partial charge on any atom is 0.416 e. The van der Waals surface area contributed by atoms with Crippen molar-refractivity contribution < 1.29 is 18.0 Å². The van der Waals surface area contributed by atoms with Crippen molar-refractivity contribution in [3.05, 3.63) is 34.9 Å². The molecular weight excluding hydrogens is 243 g/mol. The number of hydrogen-bond acceptors (Lipinski definition) is 1. The smallest absolute Gasteiger partial charge is 0.345 e. The Morgan fingerprint density at radius 2 is 2.06 bits per heavy atom. The number of rotatable bonds is 1. The maximum atomic E-state index is 12.4. The Kier molecular flexibility index (Phi) is 4.38. The van der Waals surface area contributed by atoms with E-state index in [4.69, 9.17) is 0 Å². The summed E-state index contributed by atoms with van der Waals surface area (Å²) in [5, 5.41) is 2.48. The molecule has 96 valence electrons. The minimum absolute atomic E-state index is 0.176. The van der Waals surface area contributed by atoms with E-state index in [1.165, 1.54) is 13.0 Å². The summed E-state index contributed by atoms with van der Waals surface area (Å²) in [7, 11) is 0. The van der Waals surface area contributed by atoms with Gasteiger partial charge in [0.25, 0.3) is 0 Å². The van der Waals surface area contributed by atoms with Gasteiger partial charge in [-0.05, 0) is 30.7 Å². The van der Waals surface area contributed by atoms with Gasteiger partial charge in [0.1, 0.15) is 0 Å². The first-order chi connectivity index (χ1) is 8.30. The highest BCUT2D eigenvalue weighted by molar-refractivity contribution is 5.73. The average molecular weight is 255 g/mol. The molecule has 2 nitrogen and oxygen atoms in total. The summed E-state index contributed by atoms with van der Waals surface area (Å²) in [6.07, 6.45) is -4.34. The molecule has 5 heteroatoms. The molecule has 0 spiro atoms. The molecule has 0 atom stereocenters. The number of benzene rings is 1. The first-order valence-corrected chi connectivity index (χ1v) is 5.22.